The van der Waals surface area contributed by atoms with Crippen LogP contribution in [0.3, 0.4) is 0 Å². The summed E-state index contributed by atoms with van der Waals surface area (Å²) in [5, 5.41) is 1.01. The van der Waals surface area contributed by atoms with E-state index in [9.17, 15) is 4.79 Å². The van der Waals surface area contributed by atoms with Gasteiger partial charge in [-0.25, -0.2) is 0 Å². The first kappa shape index (κ1) is 14.3. The van der Waals surface area contributed by atoms with Crippen LogP contribution in [0.1, 0.15) is 28.1 Å². The van der Waals surface area contributed by atoms with Crippen molar-refractivity contribution in [3.8, 4) is 0 Å². The first-order chi connectivity index (χ1) is 10.1. The third kappa shape index (κ3) is 3.17. The molecule has 0 radical (unpaired) electrons. The number of hydrogen-bond donors (Lipinski definition) is 0. The smallest absolute Gasteiger partial charge is 0.199 e. The van der Waals surface area contributed by atoms with Gasteiger partial charge in [-0.3, -0.25) is 9.69 Å². The molecule has 0 unspecified atom stereocenters. The second-order valence-electron chi connectivity index (χ2n) is 5.71. The van der Waals surface area contributed by atoms with Gasteiger partial charge in [0.25, 0.3) is 0 Å². The Kier molecular flexibility index (Phi) is 4.08. The zero-order valence-corrected chi connectivity index (χ0v) is 12.6. The number of aryl methyl sites for hydroxylation is 2. The highest BCUT2D eigenvalue weighted by Gasteiger charge is 2.16. The molecule has 112 valence electrons. The molecule has 4 nitrogen and oxygen atoms in total. The lowest BCUT2D eigenvalue weighted by Gasteiger charge is -2.25. The van der Waals surface area contributed by atoms with Gasteiger partial charge in [0.05, 0.1) is 13.2 Å². The van der Waals surface area contributed by atoms with Crippen molar-refractivity contribution in [2.75, 3.05) is 32.8 Å². The number of carbonyl (C=O) groups is 1. The molecule has 1 saturated heterocycles. The largest absolute Gasteiger partial charge is 0.453 e. The van der Waals surface area contributed by atoms with Crippen LogP contribution in [0.4, 0.5) is 0 Å². The van der Waals surface area contributed by atoms with Crippen LogP contribution in [0, 0.1) is 13.8 Å². The second kappa shape index (κ2) is 6.00. The summed E-state index contributed by atoms with van der Waals surface area (Å²) in [5.74, 6) is 0.552. The van der Waals surface area contributed by atoms with Gasteiger partial charge in [0.2, 0.25) is 0 Å². The molecule has 1 aromatic carbocycles. The van der Waals surface area contributed by atoms with Crippen LogP contribution in [0.2, 0.25) is 0 Å². The van der Waals surface area contributed by atoms with Crippen molar-refractivity contribution >= 4 is 16.8 Å². The number of hydrogen-bond acceptors (Lipinski definition) is 4. The van der Waals surface area contributed by atoms with E-state index in [0.29, 0.717) is 12.2 Å². The van der Waals surface area contributed by atoms with Gasteiger partial charge >= 0.3 is 0 Å². The van der Waals surface area contributed by atoms with Crippen LogP contribution in [0.5, 0.6) is 0 Å². The number of rotatable bonds is 4. The van der Waals surface area contributed by atoms with E-state index < -0.39 is 0 Å². The average molecular weight is 287 g/mol. The minimum absolute atomic E-state index is 0.0768. The van der Waals surface area contributed by atoms with Gasteiger partial charge in [-0.1, -0.05) is 0 Å². The minimum Gasteiger partial charge on any atom is -0.453 e. The summed E-state index contributed by atoms with van der Waals surface area (Å²) in [6.07, 6.45) is 0.498. The molecule has 0 amide bonds. The molecule has 0 saturated carbocycles. The Hall–Kier alpha value is -1.65. The van der Waals surface area contributed by atoms with E-state index in [1.165, 1.54) is 11.1 Å². The molecule has 0 atom stereocenters. The Bertz CT molecular complexity index is 614. The number of ether oxygens (including phenoxy) is 1. The molecule has 0 N–H and O–H groups in total. The van der Waals surface area contributed by atoms with Crippen LogP contribution in [-0.4, -0.2) is 43.5 Å². The maximum Gasteiger partial charge on any atom is 0.199 e. The fourth-order valence-corrected chi connectivity index (χ4v) is 2.65. The molecule has 1 aliphatic rings. The number of benzene rings is 1. The summed E-state index contributed by atoms with van der Waals surface area (Å²) >= 11 is 0. The van der Waals surface area contributed by atoms with Crippen molar-refractivity contribution in [1.29, 1.82) is 0 Å². The number of morpholine rings is 1. The molecule has 2 aromatic rings. The van der Waals surface area contributed by atoms with E-state index in [2.05, 4.69) is 24.8 Å². The Balaban J connectivity index is 1.69. The van der Waals surface area contributed by atoms with Gasteiger partial charge in [0.15, 0.2) is 11.5 Å². The van der Waals surface area contributed by atoms with Gasteiger partial charge in [-0.05, 0) is 43.2 Å². The molecule has 1 aromatic heterocycles. The van der Waals surface area contributed by atoms with Gasteiger partial charge in [0, 0.05) is 31.4 Å². The van der Waals surface area contributed by atoms with Crippen LogP contribution in [-0.2, 0) is 4.74 Å². The molecule has 1 fully saturated rings. The van der Waals surface area contributed by atoms with Crippen molar-refractivity contribution in [2.24, 2.45) is 0 Å². The first-order valence-electron chi connectivity index (χ1n) is 7.47. The lowest BCUT2D eigenvalue weighted by molar-refractivity contribution is 0.0368. The van der Waals surface area contributed by atoms with Crippen LogP contribution in [0.25, 0.3) is 11.0 Å². The van der Waals surface area contributed by atoms with E-state index in [-0.39, 0.29) is 5.78 Å². The fourth-order valence-electron chi connectivity index (χ4n) is 2.65. The van der Waals surface area contributed by atoms with E-state index in [1.54, 1.807) is 0 Å². The molecule has 0 bridgehead atoms. The zero-order valence-electron chi connectivity index (χ0n) is 12.6. The van der Waals surface area contributed by atoms with Crippen molar-refractivity contribution in [3.05, 3.63) is 35.1 Å². The van der Waals surface area contributed by atoms with Gasteiger partial charge in [0.1, 0.15) is 5.58 Å². The van der Waals surface area contributed by atoms with Crippen molar-refractivity contribution in [1.82, 2.24) is 4.90 Å². The van der Waals surface area contributed by atoms with E-state index in [0.717, 1.165) is 43.8 Å². The van der Waals surface area contributed by atoms with Crippen LogP contribution in [0.15, 0.2) is 22.6 Å². The topological polar surface area (TPSA) is 42.7 Å². The summed E-state index contributed by atoms with van der Waals surface area (Å²) in [7, 11) is 0. The standard InChI is InChI=1S/C17H21NO3/c1-12-9-14-11-17(21-16(14)10-13(12)2)15(19)3-4-18-5-7-20-8-6-18/h9-11H,3-8H2,1-2H3. The predicted molar refractivity (Wildman–Crippen MR) is 81.9 cm³/mol. The van der Waals surface area contributed by atoms with Crippen LogP contribution < -0.4 is 0 Å². The number of Topliss-reactive ketones (excluding diaryl/α,β-unsaturated/α-hetero) is 1. The molecule has 21 heavy (non-hydrogen) atoms. The third-order valence-electron chi connectivity index (χ3n) is 4.17. The number of furan rings is 1. The van der Waals surface area contributed by atoms with Gasteiger partial charge in [-0.2, -0.15) is 0 Å². The first-order valence-corrected chi connectivity index (χ1v) is 7.47. The SMILES string of the molecule is Cc1cc2cc(C(=O)CCN3CCOCC3)oc2cc1C. The Morgan fingerprint density at radius 2 is 1.86 bits per heavy atom. The zero-order chi connectivity index (χ0) is 14.8. The second-order valence-corrected chi connectivity index (χ2v) is 5.71. The van der Waals surface area contributed by atoms with Crippen molar-refractivity contribution in [3.63, 3.8) is 0 Å². The van der Waals surface area contributed by atoms with Gasteiger partial charge < -0.3 is 9.15 Å². The Morgan fingerprint density at radius 3 is 2.62 bits per heavy atom. The summed E-state index contributed by atoms with van der Waals surface area (Å²) in [5.41, 5.74) is 3.20. The van der Waals surface area contributed by atoms with E-state index in [1.807, 2.05) is 12.1 Å². The van der Waals surface area contributed by atoms with Crippen LogP contribution >= 0.6 is 0 Å². The third-order valence-corrected chi connectivity index (χ3v) is 4.17. The Labute approximate surface area is 124 Å². The summed E-state index contributed by atoms with van der Waals surface area (Å²) in [4.78, 5) is 14.5. The molecule has 3 rings (SSSR count). The molecule has 0 spiro atoms. The molecule has 2 heterocycles. The summed E-state index contributed by atoms with van der Waals surface area (Å²) < 4.78 is 11.0. The van der Waals surface area contributed by atoms with Crippen molar-refractivity contribution < 1.29 is 13.9 Å². The lowest BCUT2D eigenvalue weighted by atomic mass is 10.1. The fraction of sp³-hybridized carbons (Fsp3) is 0.471. The maximum atomic E-state index is 12.3. The lowest BCUT2D eigenvalue weighted by Crippen LogP contribution is -2.37. The number of ketones is 1. The highest BCUT2D eigenvalue weighted by Crippen LogP contribution is 2.24. The van der Waals surface area contributed by atoms with Gasteiger partial charge in [-0.15, -0.1) is 0 Å². The normalized spacial score (nSPS) is 16.5. The summed E-state index contributed by atoms with van der Waals surface area (Å²) in [6, 6.07) is 5.94. The number of carbonyl (C=O) groups excluding carboxylic acids is 1. The Morgan fingerprint density at radius 1 is 1.14 bits per heavy atom. The highest BCUT2D eigenvalue weighted by molar-refractivity contribution is 5.97. The summed E-state index contributed by atoms with van der Waals surface area (Å²) in [6.45, 7) is 8.24. The number of nitrogens with zero attached hydrogens (tertiary/aromatic N) is 1. The number of fused-ring (bicyclic) bond motifs is 1. The average Bonchev–Trinajstić information content (AvgIpc) is 2.89. The molecular formula is C17H21NO3. The molecule has 1 aliphatic heterocycles. The molecule has 0 aliphatic carbocycles. The minimum atomic E-state index is 0.0768. The quantitative estimate of drug-likeness (QED) is 0.811. The highest BCUT2D eigenvalue weighted by atomic mass is 16.5. The van der Waals surface area contributed by atoms with E-state index in [4.69, 9.17) is 9.15 Å². The predicted octanol–water partition coefficient (Wildman–Crippen LogP) is 2.95. The maximum absolute atomic E-state index is 12.3. The molecule has 4 heteroatoms. The monoisotopic (exact) mass is 287 g/mol. The van der Waals surface area contributed by atoms with E-state index >= 15 is 0 Å². The van der Waals surface area contributed by atoms with Crippen molar-refractivity contribution in [2.45, 2.75) is 20.3 Å². The molecular weight excluding hydrogens is 266 g/mol.